The van der Waals surface area contributed by atoms with Crippen molar-refractivity contribution >= 4 is 34.5 Å². The summed E-state index contributed by atoms with van der Waals surface area (Å²) in [6.45, 7) is 1.74. The molecule has 4 aromatic rings. The van der Waals surface area contributed by atoms with Crippen molar-refractivity contribution in [2.75, 3.05) is 0 Å². The van der Waals surface area contributed by atoms with Crippen molar-refractivity contribution < 1.29 is 14.5 Å². The molecule has 3 N–H and O–H groups in total. The van der Waals surface area contributed by atoms with E-state index in [-0.39, 0.29) is 11.4 Å². The van der Waals surface area contributed by atoms with E-state index in [1.54, 1.807) is 67.6 Å². The van der Waals surface area contributed by atoms with Crippen LogP contribution in [0.5, 0.6) is 0 Å². The molecule has 0 fully saturated rings. The maximum atomic E-state index is 13.2. The number of nitrogens with zero attached hydrogens (tertiary/aromatic N) is 3. The number of carbonyl (C=O) groups excluding carboxylic acids is 2. The highest BCUT2D eigenvalue weighted by atomic mass is 16.6. The molecule has 0 aliphatic carbocycles. The Labute approximate surface area is 204 Å². The minimum Gasteiger partial charge on any atom is -0.335 e. The number of nitrogens with one attached hydrogen (secondary N) is 3. The lowest BCUT2D eigenvalue weighted by molar-refractivity contribution is -0.384. The first-order valence-corrected chi connectivity index (χ1v) is 10.8. The lowest BCUT2D eigenvalue weighted by Gasteiger charge is -2.18. The second-order valence-corrected chi connectivity index (χ2v) is 7.79. The van der Waals surface area contributed by atoms with Crippen molar-refractivity contribution in [3.05, 3.63) is 116 Å². The fourth-order valence-electron chi connectivity index (χ4n) is 3.53. The smallest absolute Gasteiger partial charge is 0.272 e. The van der Waals surface area contributed by atoms with Crippen molar-refractivity contribution in [1.29, 1.82) is 0 Å². The van der Waals surface area contributed by atoms with Gasteiger partial charge in [0.2, 0.25) is 0 Å². The number of aromatic amines is 1. The third-order valence-electron chi connectivity index (χ3n) is 5.42. The number of hydrogen-bond acceptors (Lipinski definition) is 7. The van der Waals surface area contributed by atoms with Crippen molar-refractivity contribution in [2.24, 2.45) is 5.10 Å². The third-order valence-corrected chi connectivity index (χ3v) is 5.42. The molecule has 0 spiro atoms. The minimum atomic E-state index is -1.32. The van der Waals surface area contributed by atoms with Gasteiger partial charge >= 0.3 is 0 Å². The van der Waals surface area contributed by atoms with Gasteiger partial charge in [-0.25, -0.2) is 10.5 Å². The van der Waals surface area contributed by atoms with E-state index < -0.39 is 28.3 Å². The number of nitro benzene ring substituents is 1. The van der Waals surface area contributed by atoms with E-state index in [4.69, 9.17) is 0 Å². The number of H-pyrrole nitrogens is 1. The Balaban J connectivity index is 1.67. The SMILES string of the molecule is Cc1ccc([N+](=O)[O-])cc1/C=N\NC(=O)[C@H](NC(=O)c1ccccc1)c1n[nH]c(=O)c2ccccc12. The molecule has 0 bridgehead atoms. The second kappa shape index (κ2) is 10.4. The lowest BCUT2D eigenvalue weighted by Crippen LogP contribution is -2.40. The van der Waals surface area contributed by atoms with Crippen LogP contribution < -0.4 is 16.3 Å². The molecule has 0 aliphatic rings. The molecule has 0 aliphatic heterocycles. The number of non-ortho nitro benzene ring substituents is 1. The first-order chi connectivity index (χ1) is 17.3. The number of nitro groups is 1. The number of fused-ring (bicyclic) bond motifs is 1. The van der Waals surface area contributed by atoms with Gasteiger partial charge in [0.25, 0.3) is 23.1 Å². The Bertz CT molecular complexity index is 1550. The number of aryl methyl sites for hydroxylation is 1. The molecule has 180 valence electrons. The molecule has 2 amide bonds. The van der Waals surface area contributed by atoms with Gasteiger partial charge in [-0.15, -0.1) is 0 Å². The molecular weight excluding hydrogens is 464 g/mol. The van der Waals surface area contributed by atoms with Crippen LogP contribution >= 0.6 is 0 Å². The van der Waals surface area contributed by atoms with Crippen LogP contribution in [0.1, 0.15) is 33.2 Å². The van der Waals surface area contributed by atoms with E-state index in [2.05, 4.69) is 26.0 Å². The van der Waals surface area contributed by atoms with Gasteiger partial charge in [-0.2, -0.15) is 10.2 Å². The number of benzene rings is 3. The van der Waals surface area contributed by atoms with Gasteiger partial charge in [-0.05, 0) is 30.7 Å². The maximum Gasteiger partial charge on any atom is 0.272 e. The molecule has 3 aromatic carbocycles. The summed E-state index contributed by atoms with van der Waals surface area (Å²) in [4.78, 5) is 48.9. The quantitative estimate of drug-likeness (QED) is 0.208. The van der Waals surface area contributed by atoms with Crippen LogP contribution in [0.4, 0.5) is 5.69 Å². The second-order valence-electron chi connectivity index (χ2n) is 7.79. The number of amides is 2. The van der Waals surface area contributed by atoms with Crippen LogP contribution in [0.25, 0.3) is 10.8 Å². The molecule has 1 atom stereocenters. The van der Waals surface area contributed by atoms with Crippen LogP contribution in [-0.4, -0.2) is 33.1 Å². The average Bonchev–Trinajstić information content (AvgIpc) is 2.89. The zero-order chi connectivity index (χ0) is 25.7. The van der Waals surface area contributed by atoms with E-state index in [0.29, 0.717) is 27.5 Å². The highest BCUT2D eigenvalue weighted by molar-refractivity contribution is 5.99. The largest absolute Gasteiger partial charge is 0.335 e. The van der Waals surface area contributed by atoms with Crippen LogP contribution in [0.15, 0.2) is 82.7 Å². The van der Waals surface area contributed by atoms with Gasteiger partial charge in [0.1, 0.15) is 5.69 Å². The van der Waals surface area contributed by atoms with E-state index in [0.717, 1.165) is 0 Å². The Morgan fingerprint density at radius 3 is 2.47 bits per heavy atom. The van der Waals surface area contributed by atoms with Crippen LogP contribution in [0.2, 0.25) is 0 Å². The highest BCUT2D eigenvalue weighted by Crippen LogP contribution is 2.21. The molecule has 1 aromatic heterocycles. The molecule has 1 heterocycles. The predicted molar refractivity (Wildman–Crippen MR) is 133 cm³/mol. The van der Waals surface area contributed by atoms with E-state index in [1.165, 1.54) is 18.3 Å². The summed E-state index contributed by atoms with van der Waals surface area (Å²) < 4.78 is 0. The topological polar surface area (TPSA) is 159 Å². The minimum absolute atomic E-state index is 0.119. The van der Waals surface area contributed by atoms with Gasteiger partial charge in [0, 0.05) is 28.6 Å². The first kappa shape index (κ1) is 24.0. The number of rotatable bonds is 7. The van der Waals surface area contributed by atoms with E-state index in [1.807, 2.05) is 0 Å². The van der Waals surface area contributed by atoms with Crippen molar-refractivity contribution in [3.63, 3.8) is 0 Å². The first-order valence-electron chi connectivity index (χ1n) is 10.8. The average molecular weight is 484 g/mol. The maximum absolute atomic E-state index is 13.2. The zero-order valence-electron chi connectivity index (χ0n) is 19.0. The Morgan fingerprint density at radius 1 is 1.06 bits per heavy atom. The van der Waals surface area contributed by atoms with Gasteiger partial charge in [-0.3, -0.25) is 24.5 Å². The number of carbonyl (C=O) groups is 2. The number of hydrazone groups is 1. The van der Waals surface area contributed by atoms with Crippen molar-refractivity contribution in [1.82, 2.24) is 20.9 Å². The van der Waals surface area contributed by atoms with Crippen LogP contribution in [0.3, 0.4) is 0 Å². The molecule has 0 saturated carbocycles. The summed E-state index contributed by atoms with van der Waals surface area (Å²) in [5.41, 5.74) is 3.37. The monoisotopic (exact) mass is 484 g/mol. The molecule has 36 heavy (non-hydrogen) atoms. The Kier molecular flexibility index (Phi) is 6.91. The van der Waals surface area contributed by atoms with Gasteiger partial charge in [-0.1, -0.05) is 42.5 Å². The molecule has 0 radical (unpaired) electrons. The summed E-state index contributed by atoms with van der Waals surface area (Å²) in [6, 6.07) is 17.8. The summed E-state index contributed by atoms with van der Waals surface area (Å²) in [6.07, 6.45) is 1.27. The third kappa shape index (κ3) is 5.14. The van der Waals surface area contributed by atoms with Crippen LogP contribution in [0, 0.1) is 17.0 Å². The number of hydrogen-bond donors (Lipinski definition) is 3. The predicted octanol–water partition coefficient (Wildman–Crippen LogP) is 2.76. The highest BCUT2D eigenvalue weighted by Gasteiger charge is 2.27. The zero-order valence-corrected chi connectivity index (χ0v) is 19.0. The Hall–Kier alpha value is -5.19. The number of aromatic nitrogens is 2. The molecule has 11 heteroatoms. The summed E-state index contributed by atoms with van der Waals surface area (Å²) in [5.74, 6) is -1.27. The van der Waals surface area contributed by atoms with Gasteiger partial charge < -0.3 is 5.32 Å². The Morgan fingerprint density at radius 2 is 1.75 bits per heavy atom. The van der Waals surface area contributed by atoms with Crippen molar-refractivity contribution in [3.8, 4) is 0 Å². The van der Waals surface area contributed by atoms with Gasteiger partial charge in [0.15, 0.2) is 6.04 Å². The van der Waals surface area contributed by atoms with Gasteiger partial charge in [0.05, 0.1) is 16.5 Å². The fourth-order valence-corrected chi connectivity index (χ4v) is 3.53. The molecular formula is C25H20N6O5. The summed E-state index contributed by atoms with van der Waals surface area (Å²) in [5, 5.41) is 24.7. The summed E-state index contributed by atoms with van der Waals surface area (Å²) in [7, 11) is 0. The summed E-state index contributed by atoms with van der Waals surface area (Å²) >= 11 is 0. The lowest BCUT2D eigenvalue weighted by atomic mass is 10.0. The standard InChI is InChI=1S/C25H20N6O5/c1-15-11-12-18(31(35)36)13-17(15)14-26-29-25(34)22(27-23(32)16-7-3-2-4-8-16)21-19-9-5-6-10-20(19)24(33)30-28-21/h2-14,22H,1H3,(H,27,32)(H,29,34)(H,30,33)/b26-14-/t22-/m1/s1. The normalized spacial score (nSPS) is 11.8. The molecule has 0 unspecified atom stereocenters. The molecule has 11 nitrogen and oxygen atoms in total. The fraction of sp³-hybridized carbons (Fsp3) is 0.0800. The molecule has 4 rings (SSSR count). The van der Waals surface area contributed by atoms with Crippen LogP contribution in [-0.2, 0) is 4.79 Å². The molecule has 0 saturated heterocycles. The van der Waals surface area contributed by atoms with E-state index >= 15 is 0 Å². The van der Waals surface area contributed by atoms with E-state index in [9.17, 15) is 24.5 Å². The van der Waals surface area contributed by atoms with Crippen molar-refractivity contribution in [2.45, 2.75) is 13.0 Å².